The van der Waals surface area contributed by atoms with E-state index in [-0.39, 0.29) is 24.0 Å². The number of benzene rings is 1. The number of aryl methyl sites for hydroxylation is 1. The van der Waals surface area contributed by atoms with Crippen LogP contribution in [0.2, 0.25) is 0 Å². The van der Waals surface area contributed by atoms with Crippen molar-refractivity contribution in [2.45, 2.75) is 19.4 Å². The number of hydrogen-bond acceptors (Lipinski definition) is 7. The summed E-state index contributed by atoms with van der Waals surface area (Å²) in [4.78, 5) is 37.2. The summed E-state index contributed by atoms with van der Waals surface area (Å²) >= 11 is 1.28. The molecule has 1 aromatic carbocycles. The standard InChI is InChI=1S/C22H17FN4O4S/c1-11-15(12-5-7-13(23)8-6-12)16-18(25-10-14-4-2-3-9-24-14)26-19(27-20(16)32-11)17(21(28)29)22(30)31/h2-9,17H,10H2,1H3,(H,28,29)(H,30,31)(H,25,26,27). The lowest BCUT2D eigenvalue weighted by molar-refractivity contribution is -0.150. The quantitative estimate of drug-likeness (QED) is 0.359. The number of rotatable bonds is 7. The molecule has 0 aliphatic rings. The predicted molar refractivity (Wildman–Crippen MR) is 117 cm³/mol. The summed E-state index contributed by atoms with van der Waals surface area (Å²) in [5, 5.41) is 22.6. The molecule has 0 fully saturated rings. The van der Waals surface area contributed by atoms with Gasteiger partial charge in [0.1, 0.15) is 16.5 Å². The van der Waals surface area contributed by atoms with Gasteiger partial charge in [-0.25, -0.2) is 14.4 Å². The molecule has 0 aliphatic heterocycles. The van der Waals surface area contributed by atoms with Crippen LogP contribution in [0.3, 0.4) is 0 Å². The van der Waals surface area contributed by atoms with E-state index in [2.05, 4.69) is 20.3 Å². The Labute approximate surface area is 185 Å². The molecule has 0 amide bonds. The third-order valence-electron chi connectivity index (χ3n) is 4.79. The van der Waals surface area contributed by atoms with Crippen molar-refractivity contribution in [3.63, 3.8) is 0 Å². The molecule has 10 heteroatoms. The number of anilines is 1. The fourth-order valence-electron chi connectivity index (χ4n) is 3.35. The maximum atomic E-state index is 13.5. The molecule has 0 atom stereocenters. The number of hydrogen-bond donors (Lipinski definition) is 3. The highest BCUT2D eigenvalue weighted by Gasteiger charge is 2.32. The molecule has 32 heavy (non-hydrogen) atoms. The summed E-state index contributed by atoms with van der Waals surface area (Å²) in [5.41, 5.74) is 2.21. The minimum Gasteiger partial charge on any atom is -0.480 e. The molecule has 0 radical (unpaired) electrons. The van der Waals surface area contributed by atoms with Gasteiger partial charge in [0.25, 0.3) is 0 Å². The number of carbonyl (C=O) groups is 2. The number of carboxylic acids is 2. The minimum absolute atomic E-state index is 0.273. The second kappa shape index (κ2) is 8.67. The van der Waals surface area contributed by atoms with Crippen molar-refractivity contribution in [2.24, 2.45) is 0 Å². The van der Waals surface area contributed by atoms with Gasteiger partial charge in [-0.1, -0.05) is 18.2 Å². The van der Waals surface area contributed by atoms with Crippen LogP contribution in [0.5, 0.6) is 0 Å². The average Bonchev–Trinajstić information content (AvgIpc) is 3.08. The van der Waals surface area contributed by atoms with Crippen molar-refractivity contribution in [3.05, 3.63) is 70.9 Å². The maximum Gasteiger partial charge on any atom is 0.325 e. The fourth-order valence-corrected chi connectivity index (χ4v) is 4.40. The molecule has 3 N–H and O–H groups in total. The third-order valence-corrected chi connectivity index (χ3v) is 5.79. The fraction of sp³-hybridized carbons (Fsp3) is 0.136. The van der Waals surface area contributed by atoms with Gasteiger partial charge in [0.15, 0.2) is 5.82 Å². The molecule has 4 rings (SSSR count). The highest BCUT2D eigenvalue weighted by Crippen LogP contribution is 2.41. The Morgan fingerprint density at radius 3 is 2.44 bits per heavy atom. The highest BCUT2D eigenvalue weighted by molar-refractivity contribution is 7.19. The third kappa shape index (κ3) is 4.12. The van der Waals surface area contributed by atoms with Gasteiger partial charge in [-0.05, 0) is 36.8 Å². The number of pyridine rings is 1. The van der Waals surface area contributed by atoms with Crippen LogP contribution in [0, 0.1) is 12.7 Å². The number of nitrogens with one attached hydrogen (secondary N) is 1. The predicted octanol–water partition coefficient (Wildman–Crippen LogP) is 4.07. The molecule has 0 saturated carbocycles. The number of halogens is 1. The van der Waals surface area contributed by atoms with E-state index in [1.165, 1.54) is 23.5 Å². The first kappa shape index (κ1) is 21.3. The van der Waals surface area contributed by atoms with E-state index in [0.717, 1.165) is 16.0 Å². The largest absolute Gasteiger partial charge is 0.480 e. The number of aromatic nitrogens is 3. The molecule has 0 unspecified atom stereocenters. The molecule has 3 aromatic heterocycles. The SMILES string of the molecule is Cc1sc2nc(C(C(=O)O)C(=O)O)nc(NCc3ccccn3)c2c1-c1ccc(F)cc1. The highest BCUT2D eigenvalue weighted by atomic mass is 32.1. The number of carboxylic acid groups (broad SMARTS) is 2. The van der Waals surface area contributed by atoms with Crippen molar-refractivity contribution >= 4 is 39.3 Å². The number of nitrogens with zero attached hydrogens (tertiary/aromatic N) is 3. The van der Waals surface area contributed by atoms with Crippen LogP contribution in [-0.4, -0.2) is 37.1 Å². The Morgan fingerprint density at radius 1 is 1.09 bits per heavy atom. The molecular weight excluding hydrogens is 435 g/mol. The zero-order chi connectivity index (χ0) is 22.8. The summed E-state index contributed by atoms with van der Waals surface area (Å²) in [6.45, 7) is 2.13. The summed E-state index contributed by atoms with van der Waals surface area (Å²) in [6, 6.07) is 11.4. The molecular formula is C22H17FN4O4S. The van der Waals surface area contributed by atoms with E-state index in [0.29, 0.717) is 15.9 Å². The van der Waals surface area contributed by atoms with Gasteiger partial charge < -0.3 is 15.5 Å². The van der Waals surface area contributed by atoms with Crippen LogP contribution in [0.4, 0.5) is 10.2 Å². The Kier molecular flexibility index (Phi) is 5.78. The van der Waals surface area contributed by atoms with E-state index < -0.39 is 17.9 Å². The molecule has 4 aromatic rings. The molecule has 0 bridgehead atoms. The van der Waals surface area contributed by atoms with Crippen LogP contribution in [0.15, 0.2) is 48.7 Å². The van der Waals surface area contributed by atoms with Crippen LogP contribution < -0.4 is 5.32 Å². The number of fused-ring (bicyclic) bond motifs is 1. The average molecular weight is 452 g/mol. The Balaban J connectivity index is 1.91. The lowest BCUT2D eigenvalue weighted by atomic mass is 10.0. The normalized spacial score (nSPS) is 11.1. The van der Waals surface area contributed by atoms with Crippen molar-refractivity contribution < 1.29 is 24.2 Å². The Hall–Kier alpha value is -3.92. The number of thiophene rings is 1. The first-order valence-corrected chi connectivity index (χ1v) is 10.3. The lowest BCUT2D eigenvalue weighted by Crippen LogP contribution is -2.23. The maximum absolute atomic E-state index is 13.5. The molecule has 8 nitrogen and oxygen atoms in total. The second-order valence-corrected chi connectivity index (χ2v) is 8.14. The Bertz CT molecular complexity index is 1300. The topological polar surface area (TPSA) is 125 Å². The molecule has 0 saturated heterocycles. The molecule has 0 aliphatic carbocycles. The van der Waals surface area contributed by atoms with E-state index in [9.17, 15) is 24.2 Å². The summed E-state index contributed by atoms with van der Waals surface area (Å²) in [7, 11) is 0. The van der Waals surface area contributed by atoms with Gasteiger partial charge in [0.2, 0.25) is 5.92 Å². The zero-order valence-corrected chi connectivity index (χ0v) is 17.6. The summed E-state index contributed by atoms with van der Waals surface area (Å²) < 4.78 is 13.5. The van der Waals surface area contributed by atoms with E-state index in [1.54, 1.807) is 24.4 Å². The molecule has 0 spiro atoms. The minimum atomic E-state index is -1.91. The van der Waals surface area contributed by atoms with Crippen LogP contribution in [0.25, 0.3) is 21.3 Å². The van der Waals surface area contributed by atoms with Crippen LogP contribution >= 0.6 is 11.3 Å². The summed E-state index contributed by atoms with van der Waals surface area (Å²) in [5.74, 6) is -5.44. The van der Waals surface area contributed by atoms with Crippen molar-refractivity contribution in [2.75, 3.05) is 5.32 Å². The lowest BCUT2D eigenvalue weighted by Gasteiger charge is -2.12. The second-order valence-electron chi connectivity index (χ2n) is 6.93. The van der Waals surface area contributed by atoms with Crippen molar-refractivity contribution in [1.29, 1.82) is 0 Å². The van der Waals surface area contributed by atoms with Gasteiger partial charge in [-0.2, -0.15) is 0 Å². The zero-order valence-electron chi connectivity index (χ0n) is 16.7. The van der Waals surface area contributed by atoms with Gasteiger partial charge in [-0.3, -0.25) is 14.6 Å². The molecule has 3 heterocycles. The van der Waals surface area contributed by atoms with Gasteiger partial charge in [0.05, 0.1) is 17.6 Å². The van der Waals surface area contributed by atoms with Gasteiger partial charge >= 0.3 is 11.9 Å². The Morgan fingerprint density at radius 2 is 1.81 bits per heavy atom. The van der Waals surface area contributed by atoms with Crippen LogP contribution in [-0.2, 0) is 16.1 Å². The first-order valence-electron chi connectivity index (χ1n) is 9.51. The van der Waals surface area contributed by atoms with E-state index in [4.69, 9.17) is 0 Å². The van der Waals surface area contributed by atoms with E-state index in [1.807, 2.05) is 19.1 Å². The van der Waals surface area contributed by atoms with Gasteiger partial charge in [-0.15, -0.1) is 11.3 Å². The number of aliphatic carboxylic acids is 2. The van der Waals surface area contributed by atoms with Crippen molar-refractivity contribution in [1.82, 2.24) is 15.0 Å². The van der Waals surface area contributed by atoms with Crippen molar-refractivity contribution in [3.8, 4) is 11.1 Å². The summed E-state index contributed by atoms with van der Waals surface area (Å²) in [6.07, 6.45) is 1.64. The first-order chi connectivity index (χ1) is 15.3. The monoisotopic (exact) mass is 452 g/mol. The van der Waals surface area contributed by atoms with Gasteiger partial charge in [0, 0.05) is 16.6 Å². The van der Waals surface area contributed by atoms with E-state index >= 15 is 0 Å². The molecule has 162 valence electrons. The van der Waals surface area contributed by atoms with Crippen LogP contribution in [0.1, 0.15) is 22.3 Å². The smallest absolute Gasteiger partial charge is 0.325 e.